The van der Waals surface area contributed by atoms with E-state index in [9.17, 15) is 0 Å². The van der Waals surface area contributed by atoms with Crippen LogP contribution in [0.4, 0.5) is 0 Å². The Morgan fingerprint density at radius 2 is 2.09 bits per heavy atom. The van der Waals surface area contributed by atoms with Crippen LogP contribution < -0.4 is 0 Å². The van der Waals surface area contributed by atoms with Crippen molar-refractivity contribution in [1.29, 1.82) is 0 Å². The maximum Gasteiger partial charge on any atom is 0.140 e. The molecule has 110 valence electrons. The number of nitrogens with one attached hydrogen (secondary N) is 1. The molecule has 1 aromatic carbocycles. The van der Waals surface area contributed by atoms with E-state index >= 15 is 0 Å². The van der Waals surface area contributed by atoms with Crippen LogP contribution in [0.15, 0.2) is 36.7 Å². The molecule has 4 rings (SSSR count). The van der Waals surface area contributed by atoms with Gasteiger partial charge in [0.2, 0.25) is 0 Å². The smallest absolute Gasteiger partial charge is 0.140 e. The highest BCUT2D eigenvalue weighted by atomic mass is 15.2. The van der Waals surface area contributed by atoms with Crippen molar-refractivity contribution in [2.24, 2.45) is 7.05 Å². The molecule has 0 saturated heterocycles. The maximum atomic E-state index is 4.59. The molecule has 0 bridgehead atoms. The largest absolute Gasteiger partial charge is 0.339 e. The Kier molecular flexibility index (Phi) is 2.79. The Balaban J connectivity index is 2.12. The molecule has 4 aromatic rings. The molecule has 0 aliphatic rings. The van der Waals surface area contributed by atoms with Gasteiger partial charge >= 0.3 is 0 Å². The van der Waals surface area contributed by atoms with Gasteiger partial charge in [-0.2, -0.15) is 5.10 Å². The van der Waals surface area contributed by atoms with Gasteiger partial charge in [0.25, 0.3) is 0 Å². The zero-order chi connectivity index (χ0) is 15.3. The van der Waals surface area contributed by atoms with Crippen LogP contribution in [0.2, 0.25) is 0 Å². The SMILES string of the molecule is CCc1c(-c2cccc(C)c2)[nH]c2ncc3cnn(C)c3c12. The fourth-order valence-corrected chi connectivity index (χ4v) is 3.27. The first-order valence-electron chi connectivity index (χ1n) is 7.57. The number of aromatic nitrogens is 4. The zero-order valence-electron chi connectivity index (χ0n) is 13.0. The van der Waals surface area contributed by atoms with Crippen molar-refractivity contribution >= 4 is 21.9 Å². The van der Waals surface area contributed by atoms with Gasteiger partial charge < -0.3 is 4.98 Å². The standard InChI is InChI=1S/C18H18N4/c1-4-14-15-17-13(10-20-22(17)3)9-19-18(15)21-16(14)12-7-5-6-11(2)8-12/h5-10H,4H2,1-3H3,(H,19,21). The number of rotatable bonds is 2. The predicted molar refractivity (Wildman–Crippen MR) is 89.9 cm³/mol. The van der Waals surface area contributed by atoms with Gasteiger partial charge in [-0.3, -0.25) is 4.68 Å². The second-order valence-corrected chi connectivity index (χ2v) is 5.76. The molecule has 0 atom stereocenters. The normalized spacial score (nSPS) is 11.6. The van der Waals surface area contributed by atoms with Gasteiger partial charge in [0.1, 0.15) is 5.65 Å². The summed E-state index contributed by atoms with van der Waals surface area (Å²) in [5.41, 5.74) is 7.04. The summed E-state index contributed by atoms with van der Waals surface area (Å²) in [5.74, 6) is 0. The minimum absolute atomic E-state index is 0.935. The molecule has 0 unspecified atom stereocenters. The van der Waals surface area contributed by atoms with Crippen LogP contribution in [0, 0.1) is 6.92 Å². The van der Waals surface area contributed by atoms with Gasteiger partial charge in [-0.15, -0.1) is 0 Å². The summed E-state index contributed by atoms with van der Waals surface area (Å²) in [5, 5.41) is 6.65. The molecule has 0 radical (unpaired) electrons. The molecule has 4 nitrogen and oxygen atoms in total. The summed E-state index contributed by atoms with van der Waals surface area (Å²) in [4.78, 5) is 8.11. The summed E-state index contributed by atoms with van der Waals surface area (Å²) in [6.07, 6.45) is 4.72. The highest BCUT2D eigenvalue weighted by Crippen LogP contribution is 2.34. The molecular weight excluding hydrogens is 272 g/mol. The summed E-state index contributed by atoms with van der Waals surface area (Å²) >= 11 is 0. The Bertz CT molecular complexity index is 991. The van der Waals surface area contributed by atoms with Crippen molar-refractivity contribution in [3.63, 3.8) is 0 Å². The van der Waals surface area contributed by atoms with Crippen molar-refractivity contribution in [1.82, 2.24) is 19.7 Å². The minimum Gasteiger partial charge on any atom is -0.339 e. The number of aromatic amines is 1. The lowest BCUT2D eigenvalue weighted by Gasteiger charge is -2.04. The van der Waals surface area contributed by atoms with Crippen LogP contribution >= 0.6 is 0 Å². The van der Waals surface area contributed by atoms with E-state index < -0.39 is 0 Å². The topological polar surface area (TPSA) is 46.5 Å². The molecule has 0 saturated carbocycles. The third kappa shape index (κ3) is 1.77. The lowest BCUT2D eigenvalue weighted by Crippen LogP contribution is -1.91. The number of aryl methyl sites for hydroxylation is 3. The van der Waals surface area contributed by atoms with E-state index in [-0.39, 0.29) is 0 Å². The molecular formula is C18H18N4. The first-order valence-corrected chi connectivity index (χ1v) is 7.57. The molecule has 0 aliphatic carbocycles. The number of benzene rings is 1. The van der Waals surface area contributed by atoms with E-state index in [2.05, 4.69) is 53.2 Å². The quantitative estimate of drug-likeness (QED) is 0.607. The Hall–Kier alpha value is -2.62. The average molecular weight is 290 g/mol. The summed E-state index contributed by atoms with van der Waals surface area (Å²) in [6, 6.07) is 8.58. The molecule has 3 heterocycles. The summed E-state index contributed by atoms with van der Waals surface area (Å²) in [7, 11) is 1.99. The van der Waals surface area contributed by atoms with E-state index in [0.29, 0.717) is 0 Å². The fraction of sp³-hybridized carbons (Fsp3) is 0.222. The summed E-state index contributed by atoms with van der Waals surface area (Å²) < 4.78 is 1.94. The van der Waals surface area contributed by atoms with Crippen LogP contribution in [0.25, 0.3) is 33.2 Å². The van der Waals surface area contributed by atoms with E-state index in [1.165, 1.54) is 27.8 Å². The lowest BCUT2D eigenvalue weighted by molar-refractivity contribution is 0.799. The molecule has 0 amide bonds. The highest BCUT2D eigenvalue weighted by Gasteiger charge is 2.17. The Labute approximate surface area is 128 Å². The van der Waals surface area contributed by atoms with Gasteiger partial charge in [0.15, 0.2) is 0 Å². The molecule has 0 aliphatic heterocycles. The molecule has 4 heteroatoms. The fourth-order valence-electron chi connectivity index (χ4n) is 3.27. The number of H-pyrrole nitrogens is 1. The Morgan fingerprint density at radius 3 is 2.86 bits per heavy atom. The average Bonchev–Trinajstić information content (AvgIpc) is 3.07. The van der Waals surface area contributed by atoms with Gasteiger partial charge in [-0.25, -0.2) is 4.98 Å². The van der Waals surface area contributed by atoms with Crippen molar-refractivity contribution in [2.75, 3.05) is 0 Å². The first kappa shape index (κ1) is 13.1. The Morgan fingerprint density at radius 1 is 1.23 bits per heavy atom. The molecule has 0 spiro atoms. The lowest BCUT2D eigenvalue weighted by atomic mass is 10.0. The van der Waals surface area contributed by atoms with Gasteiger partial charge in [0, 0.05) is 24.0 Å². The molecule has 0 fully saturated rings. The number of pyridine rings is 1. The first-order chi connectivity index (χ1) is 10.7. The summed E-state index contributed by atoms with van der Waals surface area (Å²) in [6.45, 7) is 4.31. The van der Waals surface area contributed by atoms with E-state index in [1.807, 2.05) is 24.1 Å². The molecule has 1 N–H and O–H groups in total. The number of hydrogen-bond donors (Lipinski definition) is 1. The van der Waals surface area contributed by atoms with Crippen molar-refractivity contribution in [3.8, 4) is 11.3 Å². The van der Waals surface area contributed by atoms with Crippen LogP contribution in [-0.4, -0.2) is 19.7 Å². The minimum atomic E-state index is 0.935. The third-order valence-electron chi connectivity index (χ3n) is 4.28. The molecule has 22 heavy (non-hydrogen) atoms. The number of hydrogen-bond acceptors (Lipinski definition) is 2. The predicted octanol–water partition coefficient (Wildman–Crippen LogP) is 3.99. The van der Waals surface area contributed by atoms with Crippen molar-refractivity contribution in [3.05, 3.63) is 47.8 Å². The van der Waals surface area contributed by atoms with Crippen molar-refractivity contribution in [2.45, 2.75) is 20.3 Å². The molecule has 3 aromatic heterocycles. The maximum absolute atomic E-state index is 4.59. The van der Waals surface area contributed by atoms with E-state index in [0.717, 1.165) is 23.0 Å². The van der Waals surface area contributed by atoms with Gasteiger partial charge in [-0.1, -0.05) is 30.7 Å². The van der Waals surface area contributed by atoms with Gasteiger partial charge in [-0.05, 0) is 30.5 Å². The zero-order valence-corrected chi connectivity index (χ0v) is 13.0. The van der Waals surface area contributed by atoms with Crippen LogP contribution in [0.3, 0.4) is 0 Å². The highest BCUT2D eigenvalue weighted by molar-refractivity contribution is 6.06. The monoisotopic (exact) mass is 290 g/mol. The van der Waals surface area contributed by atoms with Crippen LogP contribution in [-0.2, 0) is 13.5 Å². The van der Waals surface area contributed by atoms with E-state index in [1.54, 1.807) is 0 Å². The van der Waals surface area contributed by atoms with E-state index in [4.69, 9.17) is 0 Å². The third-order valence-corrected chi connectivity index (χ3v) is 4.28. The van der Waals surface area contributed by atoms with Crippen molar-refractivity contribution < 1.29 is 0 Å². The number of nitrogens with zero attached hydrogens (tertiary/aromatic N) is 3. The van der Waals surface area contributed by atoms with Crippen LogP contribution in [0.1, 0.15) is 18.1 Å². The van der Waals surface area contributed by atoms with Crippen LogP contribution in [0.5, 0.6) is 0 Å². The second-order valence-electron chi connectivity index (χ2n) is 5.76. The number of fused-ring (bicyclic) bond motifs is 3. The van der Waals surface area contributed by atoms with Gasteiger partial charge in [0.05, 0.1) is 17.4 Å². The second kappa shape index (κ2) is 4.70.